The van der Waals surface area contributed by atoms with Gasteiger partial charge in [0.15, 0.2) is 0 Å². The Morgan fingerprint density at radius 2 is 2.07 bits per heavy atom. The lowest BCUT2D eigenvalue weighted by atomic mass is 10.0. The van der Waals surface area contributed by atoms with Gasteiger partial charge in [0.2, 0.25) is 0 Å². The minimum atomic E-state index is 0.246. The largest absolute Gasteiger partial charge is 0.328 e. The van der Waals surface area contributed by atoms with Crippen LogP contribution in [0.3, 0.4) is 0 Å². The molecule has 0 aromatic carbocycles. The van der Waals surface area contributed by atoms with Gasteiger partial charge in [-0.25, -0.2) is 0 Å². The lowest BCUT2D eigenvalue weighted by Gasteiger charge is -2.30. The lowest BCUT2D eigenvalue weighted by Crippen LogP contribution is -2.39. The molecule has 0 aromatic heterocycles. The van der Waals surface area contributed by atoms with Crippen molar-refractivity contribution in [2.24, 2.45) is 5.73 Å². The molecule has 0 saturated heterocycles. The minimum Gasteiger partial charge on any atom is -0.328 e. The van der Waals surface area contributed by atoms with Crippen molar-refractivity contribution in [2.75, 3.05) is 13.1 Å². The maximum atomic E-state index is 8.55. The third kappa shape index (κ3) is 5.21. The van der Waals surface area contributed by atoms with Gasteiger partial charge in [0.1, 0.15) is 0 Å². The Morgan fingerprint density at radius 3 is 2.43 bits per heavy atom. The summed E-state index contributed by atoms with van der Waals surface area (Å²) >= 11 is 0. The highest BCUT2D eigenvalue weighted by Crippen LogP contribution is 2.10. The van der Waals surface area contributed by atoms with Crippen LogP contribution in [0.15, 0.2) is 0 Å². The summed E-state index contributed by atoms with van der Waals surface area (Å²) < 4.78 is 0. The molecule has 0 amide bonds. The monoisotopic (exact) mass is 197 g/mol. The van der Waals surface area contributed by atoms with Crippen molar-refractivity contribution < 1.29 is 0 Å². The number of hydrogen-bond acceptors (Lipinski definition) is 3. The molecule has 82 valence electrons. The fourth-order valence-corrected chi connectivity index (χ4v) is 1.80. The molecule has 0 aliphatic heterocycles. The van der Waals surface area contributed by atoms with Crippen LogP contribution < -0.4 is 5.73 Å². The first kappa shape index (κ1) is 13.4. The molecule has 0 heterocycles. The molecule has 3 nitrogen and oxygen atoms in total. The van der Waals surface area contributed by atoms with Crippen LogP contribution in [0.1, 0.15) is 40.0 Å². The van der Waals surface area contributed by atoms with Gasteiger partial charge in [-0.15, -0.1) is 0 Å². The zero-order valence-corrected chi connectivity index (χ0v) is 9.66. The van der Waals surface area contributed by atoms with Crippen molar-refractivity contribution in [3.05, 3.63) is 0 Å². The Labute approximate surface area is 87.9 Å². The normalized spacial score (nSPS) is 15.1. The van der Waals surface area contributed by atoms with Crippen molar-refractivity contribution in [2.45, 2.75) is 52.1 Å². The first-order chi connectivity index (χ1) is 6.65. The molecule has 0 bridgehead atoms. The van der Waals surface area contributed by atoms with Gasteiger partial charge < -0.3 is 5.73 Å². The molecule has 0 aliphatic rings. The van der Waals surface area contributed by atoms with Crippen LogP contribution in [0, 0.1) is 11.3 Å². The van der Waals surface area contributed by atoms with Crippen LogP contribution in [0.4, 0.5) is 0 Å². The van der Waals surface area contributed by atoms with Crippen molar-refractivity contribution in [3.8, 4) is 6.07 Å². The number of nitrogens with two attached hydrogens (primary N) is 1. The fraction of sp³-hybridized carbons (Fsp3) is 0.909. The molecule has 0 aromatic rings. The third-order valence-corrected chi connectivity index (χ3v) is 2.55. The van der Waals surface area contributed by atoms with E-state index in [0.717, 1.165) is 25.9 Å². The Balaban J connectivity index is 4.08. The van der Waals surface area contributed by atoms with Gasteiger partial charge in [0.05, 0.1) is 6.07 Å². The molecular formula is C11H23N3. The molecule has 2 N–H and O–H groups in total. The summed E-state index contributed by atoms with van der Waals surface area (Å²) in [5, 5.41) is 8.55. The second-order valence-corrected chi connectivity index (χ2v) is 3.81. The van der Waals surface area contributed by atoms with Crippen LogP contribution in [0.2, 0.25) is 0 Å². The second kappa shape index (κ2) is 7.78. The molecule has 3 heteroatoms. The van der Waals surface area contributed by atoms with Gasteiger partial charge in [-0.2, -0.15) is 5.26 Å². The van der Waals surface area contributed by atoms with E-state index in [4.69, 9.17) is 11.0 Å². The summed E-state index contributed by atoms with van der Waals surface area (Å²) in [6, 6.07) is 2.97. The SMILES string of the molecule is CCC(CC(C)N)N(CC)CCC#N. The molecule has 2 atom stereocenters. The van der Waals surface area contributed by atoms with Crippen molar-refractivity contribution in [1.29, 1.82) is 5.26 Å². The summed E-state index contributed by atoms with van der Waals surface area (Å²) in [5.41, 5.74) is 5.80. The predicted octanol–water partition coefficient (Wildman–Crippen LogP) is 1.74. The van der Waals surface area contributed by atoms with E-state index in [9.17, 15) is 0 Å². The van der Waals surface area contributed by atoms with Crippen LogP contribution in [0.25, 0.3) is 0 Å². The molecule has 0 saturated carbocycles. The van der Waals surface area contributed by atoms with E-state index in [1.54, 1.807) is 0 Å². The highest BCUT2D eigenvalue weighted by atomic mass is 15.1. The zero-order valence-electron chi connectivity index (χ0n) is 9.66. The predicted molar refractivity (Wildman–Crippen MR) is 59.8 cm³/mol. The molecule has 14 heavy (non-hydrogen) atoms. The molecule has 0 fully saturated rings. The van der Waals surface area contributed by atoms with E-state index in [0.29, 0.717) is 12.5 Å². The standard InChI is InChI=1S/C11H23N3/c1-4-11(9-10(3)13)14(5-2)8-6-7-12/h10-11H,4-6,8-9,13H2,1-3H3. The average molecular weight is 197 g/mol. The molecular weight excluding hydrogens is 174 g/mol. The summed E-state index contributed by atoms with van der Waals surface area (Å²) in [6.45, 7) is 8.25. The number of rotatable bonds is 7. The first-order valence-electron chi connectivity index (χ1n) is 5.52. The van der Waals surface area contributed by atoms with Gasteiger partial charge >= 0.3 is 0 Å². The quantitative estimate of drug-likeness (QED) is 0.676. The van der Waals surface area contributed by atoms with Crippen molar-refractivity contribution >= 4 is 0 Å². The maximum absolute atomic E-state index is 8.55. The Bertz CT molecular complexity index is 172. The Kier molecular flexibility index (Phi) is 7.45. The Hall–Kier alpha value is -0.590. The van der Waals surface area contributed by atoms with Gasteiger partial charge in [-0.05, 0) is 26.3 Å². The third-order valence-electron chi connectivity index (χ3n) is 2.55. The smallest absolute Gasteiger partial charge is 0.0635 e. The summed E-state index contributed by atoms with van der Waals surface area (Å²) in [7, 11) is 0. The first-order valence-corrected chi connectivity index (χ1v) is 5.52. The molecule has 0 rings (SSSR count). The number of hydrogen-bond donors (Lipinski definition) is 1. The molecule has 2 unspecified atom stereocenters. The number of nitriles is 1. The van der Waals surface area contributed by atoms with E-state index in [1.807, 2.05) is 6.92 Å². The van der Waals surface area contributed by atoms with E-state index in [2.05, 4.69) is 24.8 Å². The summed E-state index contributed by atoms with van der Waals surface area (Å²) in [4.78, 5) is 2.35. The van der Waals surface area contributed by atoms with Crippen LogP contribution >= 0.6 is 0 Å². The molecule has 0 spiro atoms. The topological polar surface area (TPSA) is 53.0 Å². The molecule has 0 aliphatic carbocycles. The van der Waals surface area contributed by atoms with Gasteiger partial charge in [-0.1, -0.05) is 13.8 Å². The van der Waals surface area contributed by atoms with Crippen LogP contribution in [-0.2, 0) is 0 Å². The van der Waals surface area contributed by atoms with Crippen molar-refractivity contribution in [3.63, 3.8) is 0 Å². The van der Waals surface area contributed by atoms with Gasteiger partial charge in [0.25, 0.3) is 0 Å². The van der Waals surface area contributed by atoms with Gasteiger partial charge in [0, 0.05) is 25.0 Å². The summed E-state index contributed by atoms with van der Waals surface area (Å²) in [5.74, 6) is 0. The summed E-state index contributed by atoms with van der Waals surface area (Å²) in [6.07, 6.45) is 2.75. The van der Waals surface area contributed by atoms with Crippen LogP contribution in [0.5, 0.6) is 0 Å². The van der Waals surface area contributed by atoms with E-state index >= 15 is 0 Å². The fourth-order valence-electron chi connectivity index (χ4n) is 1.80. The number of nitrogens with zero attached hydrogens (tertiary/aromatic N) is 2. The highest BCUT2D eigenvalue weighted by Gasteiger charge is 2.15. The molecule has 0 radical (unpaired) electrons. The van der Waals surface area contributed by atoms with E-state index < -0.39 is 0 Å². The zero-order chi connectivity index (χ0) is 11.0. The van der Waals surface area contributed by atoms with Gasteiger partial charge in [-0.3, -0.25) is 4.90 Å². The van der Waals surface area contributed by atoms with E-state index in [1.165, 1.54) is 0 Å². The highest BCUT2D eigenvalue weighted by molar-refractivity contribution is 4.78. The maximum Gasteiger partial charge on any atom is 0.0635 e. The second-order valence-electron chi connectivity index (χ2n) is 3.81. The lowest BCUT2D eigenvalue weighted by molar-refractivity contribution is 0.188. The van der Waals surface area contributed by atoms with Crippen molar-refractivity contribution in [1.82, 2.24) is 4.90 Å². The minimum absolute atomic E-state index is 0.246. The van der Waals surface area contributed by atoms with E-state index in [-0.39, 0.29) is 6.04 Å². The average Bonchev–Trinajstić information content (AvgIpc) is 2.16. The van der Waals surface area contributed by atoms with Crippen LogP contribution in [-0.4, -0.2) is 30.1 Å². The Morgan fingerprint density at radius 1 is 1.43 bits per heavy atom.